The van der Waals surface area contributed by atoms with E-state index in [0.717, 1.165) is 18.6 Å². The summed E-state index contributed by atoms with van der Waals surface area (Å²) in [5.74, 6) is -3.60. The molecular weight excluding hydrogens is 583 g/mol. The molecule has 43 heavy (non-hydrogen) atoms. The van der Waals surface area contributed by atoms with E-state index < -0.39 is 46.1 Å². The molecule has 2 aromatic carbocycles. The van der Waals surface area contributed by atoms with E-state index in [1.54, 1.807) is 22.5 Å². The number of hydrogen-bond donors (Lipinski definition) is 5. The van der Waals surface area contributed by atoms with Crippen molar-refractivity contribution in [3.05, 3.63) is 88.9 Å². The molecule has 5 atom stereocenters. The van der Waals surface area contributed by atoms with Crippen LogP contribution in [0, 0.1) is 17.5 Å². The van der Waals surface area contributed by atoms with Crippen molar-refractivity contribution in [2.75, 3.05) is 31.3 Å². The maximum absolute atomic E-state index is 15.2. The minimum absolute atomic E-state index is 0.179. The molecule has 0 spiro atoms. The van der Waals surface area contributed by atoms with Crippen LogP contribution in [-0.4, -0.2) is 68.4 Å². The van der Waals surface area contributed by atoms with Crippen molar-refractivity contribution in [2.24, 2.45) is 5.73 Å². The van der Waals surface area contributed by atoms with Gasteiger partial charge in [0.2, 0.25) is 11.8 Å². The quantitative estimate of drug-likeness (QED) is 0.234. The summed E-state index contributed by atoms with van der Waals surface area (Å²) < 4.78 is 71.5. The Hall–Kier alpha value is -3.20. The second kappa shape index (κ2) is 13.2. The Morgan fingerprint density at radius 3 is 2.67 bits per heavy atom. The highest BCUT2D eigenvalue weighted by Crippen LogP contribution is 2.49. The maximum Gasteiger partial charge on any atom is 0.242 e. The number of piperazine rings is 1. The summed E-state index contributed by atoms with van der Waals surface area (Å²) in [6, 6.07) is 9.50. The molecule has 2 bridgehead atoms. The molecule has 3 aromatic rings. The summed E-state index contributed by atoms with van der Waals surface area (Å²) in [5.41, 5.74) is 7.67. The Kier molecular flexibility index (Phi) is 9.59. The van der Waals surface area contributed by atoms with E-state index in [9.17, 15) is 22.7 Å². The van der Waals surface area contributed by atoms with Crippen molar-refractivity contribution in [1.82, 2.24) is 14.6 Å². The number of rotatable bonds is 9. The third-order valence-corrected chi connectivity index (χ3v) is 10.2. The number of nitrogens with one attached hydrogen (secondary N) is 2. The van der Waals surface area contributed by atoms with Gasteiger partial charge in [0.1, 0.15) is 5.82 Å². The SMILES string of the molecule is COc1ccc([C@H](c2ccc(F)c(F)c2)[C@H](N)C(=O)Nc2cccc(F)c2CCC2CNC3CCCS(O)(O)N2C3)cn1. The van der Waals surface area contributed by atoms with Crippen molar-refractivity contribution < 1.29 is 31.8 Å². The number of carbonyl (C=O) groups is 1. The molecule has 5 rings (SSSR count). The molecule has 0 radical (unpaired) electrons. The van der Waals surface area contributed by atoms with E-state index in [-0.39, 0.29) is 35.3 Å². The van der Waals surface area contributed by atoms with E-state index in [1.165, 1.54) is 31.5 Å². The van der Waals surface area contributed by atoms with Crippen LogP contribution in [0.25, 0.3) is 0 Å². The summed E-state index contributed by atoms with van der Waals surface area (Å²) in [6.07, 6.45) is 3.66. The minimum Gasteiger partial charge on any atom is -0.481 e. The molecule has 1 aromatic heterocycles. The number of amides is 1. The lowest BCUT2D eigenvalue weighted by atomic mass is 9.85. The number of nitrogens with zero attached hydrogens (tertiary/aromatic N) is 2. The predicted octanol–water partition coefficient (Wildman–Crippen LogP) is 4.64. The lowest BCUT2D eigenvalue weighted by molar-refractivity contribution is -0.117. The van der Waals surface area contributed by atoms with Gasteiger partial charge in [-0.3, -0.25) is 13.9 Å². The highest BCUT2D eigenvalue weighted by molar-refractivity contribution is 8.22. The van der Waals surface area contributed by atoms with Crippen LogP contribution in [0.15, 0.2) is 54.7 Å². The maximum atomic E-state index is 15.2. The van der Waals surface area contributed by atoms with Crippen molar-refractivity contribution in [2.45, 2.75) is 49.7 Å². The van der Waals surface area contributed by atoms with Gasteiger partial charge >= 0.3 is 0 Å². The van der Waals surface area contributed by atoms with Crippen LogP contribution in [0.3, 0.4) is 0 Å². The fraction of sp³-hybridized carbons (Fsp3) is 0.400. The number of ether oxygens (including phenoxy) is 1. The Morgan fingerprint density at radius 2 is 1.95 bits per heavy atom. The topological polar surface area (TPSA) is 133 Å². The molecule has 6 N–H and O–H groups in total. The second-order valence-electron chi connectivity index (χ2n) is 10.9. The normalized spacial score (nSPS) is 23.5. The molecule has 2 aliphatic rings. The van der Waals surface area contributed by atoms with Gasteiger partial charge in [-0.2, -0.15) is 0 Å². The third-order valence-electron chi connectivity index (χ3n) is 8.19. The number of carbonyl (C=O) groups excluding carboxylic acids is 1. The van der Waals surface area contributed by atoms with Gasteiger partial charge in [-0.15, -0.1) is 10.8 Å². The van der Waals surface area contributed by atoms with Crippen molar-refractivity contribution in [3.63, 3.8) is 0 Å². The first-order valence-corrected chi connectivity index (χ1v) is 15.8. The van der Waals surface area contributed by atoms with Gasteiger partial charge in [0, 0.05) is 54.6 Å². The van der Waals surface area contributed by atoms with Crippen LogP contribution in [0.1, 0.15) is 41.9 Å². The van der Waals surface area contributed by atoms with E-state index in [1.807, 2.05) is 0 Å². The van der Waals surface area contributed by atoms with Gasteiger partial charge in [0.05, 0.1) is 18.9 Å². The zero-order valence-electron chi connectivity index (χ0n) is 23.7. The number of halogens is 3. The first-order valence-electron chi connectivity index (χ1n) is 14.1. The van der Waals surface area contributed by atoms with Gasteiger partial charge in [-0.25, -0.2) is 22.5 Å². The summed E-state index contributed by atoms with van der Waals surface area (Å²) in [5, 5.41) is 6.19. The van der Waals surface area contributed by atoms with E-state index in [4.69, 9.17) is 10.5 Å². The Morgan fingerprint density at radius 1 is 1.16 bits per heavy atom. The van der Waals surface area contributed by atoms with Gasteiger partial charge < -0.3 is 21.1 Å². The molecule has 0 saturated carbocycles. The van der Waals surface area contributed by atoms with Crippen LogP contribution >= 0.6 is 10.8 Å². The lowest BCUT2D eigenvalue weighted by Gasteiger charge is -2.49. The molecule has 9 nitrogen and oxygen atoms in total. The molecule has 0 aliphatic carbocycles. The van der Waals surface area contributed by atoms with Crippen LogP contribution in [0.4, 0.5) is 18.9 Å². The number of aromatic nitrogens is 1. The molecule has 1 amide bonds. The fourth-order valence-corrected chi connectivity index (χ4v) is 7.76. The summed E-state index contributed by atoms with van der Waals surface area (Å²) >= 11 is 0. The highest BCUT2D eigenvalue weighted by Gasteiger charge is 2.38. The standard InChI is InChI=1S/C30H36F3N5O4S/c1-42-27-12-8-19(15-36-27)28(18-7-11-24(32)25(33)14-18)29(34)30(39)37-26-6-2-5-23(31)22(26)10-9-21-16-35-20-4-3-13-43(40,41)38(21)17-20/h2,5-8,11-12,14-15,20-21,28-29,35,40-41H,3-4,9-10,13,16-17,34H2,1H3,(H,37,39)/t20?,21?,28-,29-/m0/s1. The monoisotopic (exact) mass is 619 g/mol. The number of fused-ring (bicyclic) bond motifs is 2. The summed E-state index contributed by atoms with van der Waals surface area (Å²) in [7, 11) is -1.47. The molecule has 2 aliphatic heterocycles. The lowest BCUT2D eigenvalue weighted by Crippen LogP contribution is -2.55. The van der Waals surface area contributed by atoms with Gasteiger partial charge in [-0.05, 0) is 61.1 Å². The van der Waals surface area contributed by atoms with Gasteiger partial charge in [-0.1, -0.05) is 18.2 Å². The smallest absolute Gasteiger partial charge is 0.242 e. The average molecular weight is 620 g/mol. The molecule has 3 unspecified atom stereocenters. The predicted molar refractivity (Wildman–Crippen MR) is 160 cm³/mol. The fourth-order valence-electron chi connectivity index (χ4n) is 5.89. The average Bonchev–Trinajstić information content (AvgIpc) is 3.10. The van der Waals surface area contributed by atoms with E-state index in [0.29, 0.717) is 43.1 Å². The van der Waals surface area contributed by atoms with Gasteiger partial charge in [0.25, 0.3) is 0 Å². The molecule has 13 heteroatoms. The Balaban J connectivity index is 1.37. The molecule has 2 saturated heterocycles. The Bertz CT molecular complexity index is 1450. The van der Waals surface area contributed by atoms with Crippen LogP contribution in [0.2, 0.25) is 0 Å². The van der Waals surface area contributed by atoms with E-state index in [2.05, 4.69) is 15.6 Å². The third kappa shape index (κ3) is 6.97. The Labute approximate surface area is 250 Å². The number of anilines is 1. The first-order chi connectivity index (χ1) is 20.6. The molecule has 2 fully saturated rings. The van der Waals surface area contributed by atoms with Crippen LogP contribution in [-0.2, 0) is 11.2 Å². The molecular formula is C30H36F3N5O4S. The van der Waals surface area contributed by atoms with E-state index >= 15 is 4.39 Å². The number of nitrogens with two attached hydrogens (primary N) is 1. The summed E-state index contributed by atoms with van der Waals surface area (Å²) in [6.45, 7) is 1.04. The van der Waals surface area contributed by atoms with Crippen molar-refractivity contribution in [3.8, 4) is 5.88 Å². The van der Waals surface area contributed by atoms with Crippen molar-refractivity contribution in [1.29, 1.82) is 0 Å². The summed E-state index contributed by atoms with van der Waals surface area (Å²) in [4.78, 5) is 17.7. The van der Waals surface area contributed by atoms with Crippen LogP contribution in [0.5, 0.6) is 5.88 Å². The van der Waals surface area contributed by atoms with Crippen LogP contribution < -0.4 is 21.1 Å². The minimum atomic E-state index is -2.92. The number of methoxy groups -OCH3 is 1. The number of benzene rings is 2. The molecule has 3 heterocycles. The van der Waals surface area contributed by atoms with Crippen molar-refractivity contribution >= 4 is 22.4 Å². The number of pyridine rings is 1. The number of hydrogen-bond acceptors (Lipinski definition) is 8. The largest absolute Gasteiger partial charge is 0.481 e. The van der Waals surface area contributed by atoms with Gasteiger partial charge in [0.15, 0.2) is 11.6 Å². The first kappa shape index (κ1) is 31.2. The second-order valence-corrected chi connectivity index (χ2v) is 13.1. The molecule has 232 valence electrons. The highest BCUT2D eigenvalue weighted by atomic mass is 32.3. The zero-order valence-corrected chi connectivity index (χ0v) is 24.5. The zero-order chi connectivity index (χ0) is 30.7.